The van der Waals surface area contributed by atoms with Gasteiger partial charge in [0.05, 0.1) is 12.7 Å². The van der Waals surface area contributed by atoms with Gasteiger partial charge in [-0.1, -0.05) is 58.6 Å². The van der Waals surface area contributed by atoms with Crippen molar-refractivity contribution >= 4 is 6.09 Å². The first-order valence-electron chi connectivity index (χ1n) is 10.2. The predicted molar refractivity (Wildman–Crippen MR) is 102 cm³/mol. The van der Waals surface area contributed by atoms with Crippen LogP contribution in [0, 0.1) is 23.2 Å². The summed E-state index contributed by atoms with van der Waals surface area (Å²) in [5.41, 5.74) is 1.35. The highest BCUT2D eigenvalue weighted by Crippen LogP contribution is 2.53. The molecule has 3 unspecified atom stereocenters. The fourth-order valence-corrected chi connectivity index (χ4v) is 4.67. The number of alkyl carbamates (subject to hydrolysis) is 1. The molecule has 4 heteroatoms. The van der Waals surface area contributed by atoms with E-state index in [0.29, 0.717) is 43.6 Å². The number of carbonyl (C=O) groups excluding carboxylic acids is 1. The number of nitrogens with one attached hydrogen (secondary N) is 1. The van der Waals surface area contributed by atoms with Gasteiger partial charge in [-0.15, -0.1) is 0 Å². The minimum Gasteiger partial charge on any atom is -0.449 e. The SMILES string of the molecule is CCCCNC(=O)OC[C@]12COC(CCCC)C(C(C)=CC1C)[C@@H]2C. The van der Waals surface area contributed by atoms with E-state index in [4.69, 9.17) is 9.47 Å². The van der Waals surface area contributed by atoms with Gasteiger partial charge in [0.2, 0.25) is 0 Å². The zero-order chi connectivity index (χ0) is 18.4. The summed E-state index contributed by atoms with van der Waals surface area (Å²) in [5.74, 6) is 1.27. The van der Waals surface area contributed by atoms with E-state index in [0.717, 1.165) is 19.3 Å². The van der Waals surface area contributed by atoms with Crippen LogP contribution >= 0.6 is 0 Å². The Morgan fingerprint density at radius 1 is 1.32 bits per heavy atom. The second kappa shape index (κ2) is 9.07. The van der Waals surface area contributed by atoms with E-state index in [1.165, 1.54) is 18.4 Å². The maximum atomic E-state index is 12.0. The number of ether oxygens (including phenoxy) is 2. The average molecular weight is 352 g/mol. The normalized spacial score (nSPS) is 34.4. The molecule has 1 aliphatic carbocycles. The number of allylic oxidation sites excluding steroid dienone is 1. The second-order valence-corrected chi connectivity index (χ2v) is 8.10. The molecule has 144 valence electrons. The molecule has 1 N–H and O–H groups in total. The first kappa shape index (κ1) is 20.3. The third-order valence-corrected chi connectivity index (χ3v) is 6.47. The summed E-state index contributed by atoms with van der Waals surface area (Å²) in [5, 5.41) is 2.85. The molecular formula is C21H37NO3. The first-order valence-corrected chi connectivity index (χ1v) is 10.2. The Morgan fingerprint density at radius 3 is 2.72 bits per heavy atom. The number of hydrogen-bond donors (Lipinski definition) is 1. The molecule has 0 aromatic carbocycles. The van der Waals surface area contributed by atoms with Gasteiger partial charge < -0.3 is 14.8 Å². The smallest absolute Gasteiger partial charge is 0.407 e. The van der Waals surface area contributed by atoms with Crippen LogP contribution in [-0.4, -0.2) is 32.0 Å². The quantitative estimate of drug-likeness (QED) is 0.498. The van der Waals surface area contributed by atoms with E-state index in [1.54, 1.807) is 0 Å². The zero-order valence-electron chi connectivity index (χ0n) is 16.8. The van der Waals surface area contributed by atoms with Crippen LogP contribution in [0.2, 0.25) is 0 Å². The molecule has 1 fully saturated rings. The second-order valence-electron chi connectivity index (χ2n) is 8.10. The fraction of sp³-hybridized carbons (Fsp3) is 0.857. The Hall–Kier alpha value is -1.03. The van der Waals surface area contributed by atoms with Gasteiger partial charge in [-0.05, 0) is 31.6 Å². The summed E-state index contributed by atoms with van der Waals surface area (Å²) < 4.78 is 12.0. The third kappa shape index (κ3) is 4.39. The molecule has 5 atom stereocenters. The number of rotatable bonds is 8. The topological polar surface area (TPSA) is 47.6 Å². The van der Waals surface area contributed by atoms with Crippen molar-refractivity contribution in [3.05, 3.63) is 11.6 Å². The predicted octanol–water partition coefficient (Wildman–Crippen LogP) is 4.94. The summed E-state index contributed by atoms with van der Waals surface area (Å²) >= 11 is 0. The number of amides is 1. The lowest BCUT2D eigenvalue weighted by Crippen LogP contribution is -2.57. The minimum atomic E-state index is -0.293. The van der Waals surface area contributed by atoms with E-state index >= 15 is 0 Å². The van der Waals surface area contributed by atoms with E-state index in [9.17, 15) is 4.79 Å². The Kier molecular flexibility index (Phi) is 7.36. The highest BCUT2D eigenvalue weighted by atomic mass is 16.6. The molecule has 25 heavy (non-hydrogen) atoms. The van der Waals surface area contributed by atoms with E-state index in [1.807, 2.05) is 0 Å². The molecule has 1 heterocycles. The van der Waals surface area contributed by atoms with Gasteiger partial charge in [0, 0.05) is 17.9 Å². The Labute approximate surface area is 153 Å². The van der Waals surface area contributed by atoms with Crippen molar-refractivity contribution in [3.63, 3.8) is 0 Å². The standard InChI is InChI=1S/C21H37NO3/c1-6-8-10-18-19-15(3)12-16(4)21(13-24-18,17(19)5)14-25-20(23)22-11-9-7-2/h12,16-19H,6-11,13-14H2,1-5H3,(H,22,23)/t16?,17-,18?,19?,21+/m0/s1. The van der Waals surface area contributed by atoms with Crippen molar-refractivity contribution in [2.45, 2.75) is 72.8 Å². The Morgan fingerprint density at radius 2 is 2.04 bits per heavy atom. The van der Waals surface area contributed by atoms with E-state index < -0.39 is 0 Å². The summed E-state index contributed by atoms with van der Waals surface area (Å²) in [7, 11) is 0. The molecule has 4 nitrogen and oxygen atoms in total. The Balaban J connectivity index is 2.05. The van der Waals surface area contributed by atoms with Crippen molar-refractivity contribution in [2.75, 3.05) is 19.8 Å². The van der Waals surface area contributed by atoms with Crippen molar-refractivity contribution in [2.24, 2.45) is 23.2 Å². The number of unbranched alkanes of at least 4 members (excludes halogenated alkanes) is 2. The summed E-state index contributed by atoms with van der Waals surface area (Å²) in [4.78, 5) is 12.0. The molecule has 1 amide bonds. The number of carbonyl (C=O) groups is 1. The fourth-order valence-electron chi connectivity index (χ4n) is 4.67. The molecule has 1 aliphatic heterocycles. The van der Waals surface area contributed by atoms with Crippen molar-refractivity contribution in [1.82, 2.24) is 5.32 Å². The molecule has 2 bridgehead atoms. The van der Waals surface area contributed by atoms with Crippen LogP contribution in [0.25, 0.3) is 0 Å². The molecule has 0 aromatic heterocycles. The molecule has 0 aromatic rings. The third-order valence-electron chi connectivity index (χ3n) is 6.47. The van der Waals surface area contributed by atoms with Crippen molar-refractivity contribution in [3.8, 4) is 0 Å². The van der Waals surface area contributed by atoms with Crippen LogP contribution in [0.4, 0.5) is 4.79 Å². The summed E-state index contributed by atoms with van der Waals surface area (Å²) in [6.07, 6.45) is 8.00. The van der Waals surface area contributed by atoms with Gasteiger partial charge in [0.25, 0.3) is 0 Å². The van der Waals surface area contributed by atoms with Gasteiger partial charge in [0.15, 0.2) is 0 Å². The lowest BCUT2D eigenvalue weighted by Gasteiger charge is -2.55. The lowest BCUT2D eigenvalue weighted by atomic mass is 9.56. The highest BCUT2D eigenvalue weighted by molar-refractivity contribution is 5.67. The molecule has 2 aliphatic rings. The van der Waals surface area contributed by atoms with Crippen molar-refractivity contribution in [1.29, 1.82) is 0 Å². The molecule has 0 saturated carbocycles. The van der Waals surface area contributed by atoms with Gasteiger partial charge in [-0.25, -0.2) is 4.79 Å². The summed E-state index contributed by atoms with van der Waals surface area (Å²) in [6, 6.07) is 0. The van der Waals surface area contributed by atoms with Crippen LogP contribution in [0.15, 0.2) is 11.6 Å². The van der Waals surface area contributed by atoms with Crippen LogP contribution in [-0.2, 0) is 9.47 Å². The average Bonchev–Trinajstić information content (AvgIpc) is 2.58. The molecular weight excluding hydrogens is 314 g/mol. The van der Waals surface area contributed by atoms with Crippen molar-refractivity contribution < 1.29 is 14.3 Å². The molecule has 2 rings (SSSR count). The van der Waals surface area contributed by atoms with E-state index in [-0.39, 0.29) is 11.5 Å². The van der Waals surface area contributed by atoms with Crippen LogP contribution in [0.1, 0.15) is 66.7 Å². The molecule has 1 saturated heterocycles. The van der Waals surface area contributed by atoms with E-state index in [2.05, 4.69) is 46.0 Å². The number of fused-ring (bicyclic) bond motifs is 2. The van der Waals surface area contributed by atoms with Gasteiger partial charge >= 0.3 is 6.09 Å². The monoisotopic (exact) mass is 351 g/mol. The largest absolute Gasteiger partial charge is 0.449 e. The molecule has 0 radical (unpaired) electrons. The van der Waals surface area contributed by atoms with Crippen LogP contribution in [0.5, 0.6) is 0 Å². The highest BCUT2D eigenvalue weighted by Gasteiger charge is 2.53. The minimum absolute atomic E-state index is 0.102. The Bertz CT molecular complexity index is 476. The lowest BCUT2D eigenvalue weighted by molar-refractivity contribution is -0.165. The summed E-state index contributed by atoms with van der Waals surface area (Å²) in [6.45, 7) is 13.0. The first-order chi connectivity index (χ1) is 12.0. The zero-order valence-corrected chi connectivity index (χ0v) is 16.8. The molecule has 0 spiro atoms. The maximum Gasteiger partial charge on any atom is 0.407 e. The van der Waals surface area contributed by atoms with Gasteiger partial charge in [-0.2, -0.15) is 0 Å². The van der Waals surface area contributed by atoms with Gasteiger partial charge in [0.1, 0.15) is 6.61 Å². The van der Waals surface area contributed by atoms with Crippen LogP contribution < -0.4 is 5.32 Å². The van der Waals surface area contributed by atoms with Gasteiger partial charge in [-0.3, -0.25) is 0 Å². The maximum absolute atomic E-state index is 12.0. The van der Waals surface area contributed by atoms with Crippen LogP contribution in [0.3, 0.4) is 0 Å². The number of hydrogen-bond acceptors (Lipinski definition) is 3.